The molecule has 0 aliphatic rings. The zero-order chi connectivity index (χ0) is 37.4. The molecule has 0 N–H and O–H groups in total. The minimum absolute atomic E-state index is 0.637. The van der Waals surface area contributed by atoms with Gasteiger partial charge >= 0.3 is 0 Å². The van der Waals surface area contributed by atoms with Crippen molar-refractivity contribution >= 4 is 32.3 Å². The Morgan fingerprint density at radius 1 is 0.321 bits per heavy atom. The summed E-state index contributed by atoms with van der Waals surface area (Å²) in [5.41, 5.74) is 12.0. The zero-order valence-electron chi connectivity index (χ0n) is 30.4. The van der Waals surface area contributed by atoms with Gasteiger partial charge in [-0.2, -0.15) is 5.26 Å². The summed E-state index contributed by atoms with van der Waals surface area (Å²) in [7, 11) is 0. The summed E-state index contributed by atoms with van der Waals surface area (Å²) in [6, 6.07) is 72.2. The fourth-order valence-corrected chi connectivity index (χ4v) is 7.81. The molecule has 9 aromatic carbocycles. The Morgan fingerprint density at radius 3 is 1.52 bits per heavy atom. The van der Waals surface area contributed by atoms with Crippen LogP contribution in [0.1, 0.15) is 5.56 Å². The van der Waals surface area contributed by atoms with E-state index in [1.54, 1.807) is 0 Å². The van der Waals surface area contributed by atoms with Crippen LogP contribution in [-0.2, 0) is 0 Å². The Kier molecular flexibility index (Phi) is 8.21. The number of nitriles is 1. The fourth-order valence-electron chi connectivity index (χ4n) is 7.81. The summed E-state index contributed by atoms with van der Waals surface area (Å²) >= 11 is 0. The van der Waals surface area contributed by atoms with Gasteiger partial charge in [0.25, 0.3) is 0 Å². The maximum absolute atomic E-state index is 10.2. The Balaban J connectivity index is 1.01. The van der Waals surface area contributed by atoms with Crippen LogP contribution in [0.4, 0.5) is 0 Å². The van der Waals surface area contributed by atoms with E-state index in [1.165, 1.54) is 21.5 Å². The quantitative estimate of drug-likeness (QED) is 0.161. The first-order valence-corrected chi connectivity index (χ1v) is 18.8. The molecule has 1 heterocycles. The molecule has 0 atom stereocenters. The molecule has 0 saturated heterocycles. The lowest BCUT2D eigenvalue weighted by Crippen LogP contribution is -1.95. The molecule has 3 nitrogen and oxygen atoms in total. The first-order chi connectivity index (χ1) is 27.7. The largest absolute Gasteiger partial charge is 0.228 e. The van der Waals surface area contributed by atoms with Crippen LogP contribution in [0, 0.1) is 11.3 Å². The summed E-state index contributed by atoms with van der Waals surface area (Å²) in [6.45, 7) is 0. The van der Waals surface area contributed by atoms with Crippen LogP contribution in [0.5, 0.6) is 0 Å². The van der Waals surface area contributed by atoms with E-state index in [0.717, 1.165) is 72.2 Å². The van der Waals surface area contributed by atoms with Crippen molar-refractivity contribution < 1.29 is 0 Å². The average molecular weight is 712 g/mol. The molecular weight excluding hydrogens is 679 g/mol. The molecule has 10 rings (SSSR count). The van der Waals surface area contributed by atoms with Gasteiger partial charge in [-0.3, -0.25) is 0 Å². The van der Waals surface area contributed by atoms with E-state index in [2.05, 4.69) is 158 Å². The molecular formula is C53H33N3. The number of nitrogens with zero attached hydrogens (tertiary/aromatic N) is 3. The van der Waals surface area contributed by atoms with Gasteiger partial charge in [0.1, 0.15) is 0 Å². The van der Waals surface area contributed by atoms with Gasteiger partial charge in [0.05, 0.1) is 23.0 Å². The van der Waals surface area contributed by atoms with E-state index in [4.69, 9.17) is 9.97 Å². The van der Waals surface area contributed by atoms with E-state index in [-0.39, 0.29) is 0 Å². The molecule has 0 aliphatic heterocycles. The smallest absolute Gasteiger partial charge is 0.160 e. The molecule has 0 fully saturated rings. The van der Waals surface area contributed by atoms with Crippen LogP contribution in [0.3, 0.4) is 0 Å². The standard InChI is InChI=1S/C53H33N3/c54-34-35-27-44(31-46(28-35)50-32-43-15-7-8-16-47(43)48-17-9-10-18-49(48)50)42-26-22-37-21-25-41(29-45(37)30-42)36-19-23-40(24-20-36)53-55-51(38-11-3-1-4-12-38)33-52(56-53)39-13-5-2-6-14-39/h1-33H. The Morgan fingerprint density at radius 2 is 0.857 bits per heavy atom. The lowest BCUT2D eigenvalue weighted by atomic mass is 9.90. The topological polar surface area (TPSA) is 49.6 Å². The Hall–Kier alpha value is -7.67. The van der Waals surface area contributed by atoms with E-state index in [0.29, 0.717) is 11.4 Å². The third-order valence-corrected chi connectivity index (χ3v) is 10.7. The predicted octanol–water partition coefficient (Wildman–Crippen LogP) is 13.8. The van der Waals surface area contributed by atoms with Crippen molar-refractivity contribution in [3.8, 4) is 73.4 Å². The van der Waals surface area contributed by atoms with Crippen molar-refractivity contribution in [1.82, 2.24) is 9.97 Å². The van der Waals surface area contributed by atoms with Gasteiger partial charge < -0.3 is 0 Å². The minimum Gasteiger partial charge on any atom is -0.228 e. The van der Waals surface area contributed by atoms with Crippen LogP contribution in [0.25, 0.3) is 99.6 Å². The van der Waals surface area contributed by atoms with Gasteiger partial charge in [0, 0.05) is 16.7 Å². The summed E-state index contributed by atoms with van der Waals surface area (Å²) in [4.78, 5) is 10.0. The second kappa shape index (κ2) is 14.0. The van der Waals surface area contributed by atoms with E-state index < -0.39 is 0 Å². The highest BCUT2D eigenvalue weighted by molar-refractivity contribution is 6.14. The number of benzene rings is 9. The van der Waals surface area contributed by atoms with Gasteiger partial charge in [-0.1, -0.05) is 158 Å². The van der Waals surface area contributed by atoms with Crippen LogP contribution in [0.15, 0.2) is 200 Å². The molecule has 0 radical (unpaired) electrons. The van der Waals surface area contributed by atoms with E-state index in [1.807, 2.05) is 48.5 Å². The Labute approximate surface area is 325 Å². The molecule has 0 bridgehead atoms. The molecule has 1 aromatic heterocycles. The summed E-state index contributed by atoms with van der Waals surface area (Å²) in [6.07, 6.45) is 0. The van der Waals surface area contributed by atoms with Crippen molar-refractivity contribution in [3.63, 3.8) is 0 Å². The van der Waals surface area contributed by atoms with Crippen molar-refractivity contribution in [2.75, 3.05) is 0 Å². The second-order valence-electron chi connectivity index (χ2n) is 14.1. The normalized spacial score (nSPS) is 11.2. The monoisotopic (exact) mass is 711 g/mol. The third kappa shape index (κ3) is 6.16. The first kappa shape index (κ1) is 32.9. The van der Waals surface area contributed by atoms with Crippen molar-refractivity contribution in [2.45, 2.75) is 0 Å². The van der Waals surface area contributed by atoms with Gasteiger partial charge in [-0.15, -0.1) is 0 Å². The second-order valence-corrected chi connectivity index (χ2v) is 14.1. The molecule has 0 saturated carbocycles. The lowest BCUT2D eigenvalue weighted by molar-refractivity contribution is 1.18. The van der Waals surface area contributed by atoms with Crippen LogP contribution >= 0.6 is 0 Å². The third-order valence-electron chi connectivity index (χ3n) is 10.7. The van der Waals surface area contributed by atoms with Gasteiger partial charge in [-0.25, -0.2) is 9.97 Å². The van der Waals surface area contributed by atoms with Gasteiger partial charge in [0.2, 0.25) is 0 Å². The highest BCUT2D eigenvalue weighted by Crippen LogP contribution is 2.38. The maximum atomic E-state index is 10.2. The zero-order valence-corrected chi connectivity index (χ0v) is 30.4. The molecule has 260 valence electrons. The molecule has 56 heavy (non-hydrogen) atoms. The van der Waals surface area contributed by atoms with Gasteiger partial charge in [0.15, 0.2) is 5.82 Å². The molecule has 10 aromatic rings. The summed E-state index contributed by atoms with van der Waals surface area (Å²) in [5, 5.41) is 17.3. The Bertz CT molecular complexity index is 3070. The molecule has 0 unspecified atom stereocenters. The lowest BCUT2D eigenvalue weighted by Gasteiger charge is -2.13. The van der Waals surface area contributed by atoms with Gasteiger partial charge in [-0.05, 0) is 108 Å². The highest BCUT2D eigenvalue weighted by Gasteiger charge is 2.14. The van der Waals surface area contributed by atoms with Crippen molar-refractivity contribution in [2.24, 2.45) is 0 Å². The van der Waals surface area contributed by atoms with E-state index in [9.17, 15) is 5.26 Å². The number of hydrogen-bond donors (Lipinski definition) is 0. The average Bonchev–Trinajstić information content (AvgIpc) is 3.28. The predicted molar refractivity (Wildman–Crippen MR) is 232 cm³/mol. The highest BCUT2D eigenvalue weighted by atomic mass is 14.9. The molecule has 0 spiro atoms. The number of fused-ring (bicyclic) bond motifs is 4. The fraction of sp³-hybridized carbons (Fsp3) is 0. The van der Waals surface area contributed by atoms with E-state index >= 15 is 0 Å². The van der Waals surface area contributed by atoms with Crippen molar-refractivity contribution in [1.29, 1.82) is 5.26 Å². The van der Waals surface area contributed by atoms with Crippen LogP contribution in [0.2, 0.25) is 0 Å². The van der Waals surface area contributed by atoms with Crippen molar-refractivity contribution in [3.05, 3.63) is 206 Å². The summed E-state index contributed by atoms with van der Waals surface area (Å²) in [5.74, 6) is 0.690. The molecule has 0 amide bonds. The number of aromatic nitrogens is 2. The first-order valence-electron chi connectivity index (χ1n) is 18.8. The molecule has 3 heteroatoms. The molecule has 0 aliphatic carbocycles. The summed E-state index contributed by atoms with van der Waals surface area (Å²) < 4.78 is 0. The number of rotatable bonds is 6. The maximum Gasteiger partial charge on any atom is 0.160 e. The number of hydrogen-bond acceptors (Lipinski definition) is 3. The minimum atomic E-state index is 0.637. The SMILES string of the molecule is N#Cc1cc(-c2ccc3ccc(-c4ccc(-c5nc(-c6ccccc6)cc(-c6ccccc6)n5)cc4)cc3c2)cc(-c2cc3ccccc3c3ccccc23)c1. The van der Waals surface area contributed by atoms with Crippen LogP contribution in [-0.4, -0.2) is 9.97 Å². The van der Waals surface area contributed by atoms with Crippen LogP contribution < -0.4 is 0 Å².